The zero-order valence-corrected chi connectivity index (χ0v) is 32.0. The molecule has 2 aliphatic heterocycles. The molecule has 1 aliphatic carbocycles. The summed E-state index contributed by atoms with van der Waals surface area (Å²) in [5.41, 5.74) is 4.85. The predicted molar refractivity (Wildman–Crippen MR) is 217 cm³/mol. The van der Waals surface area contributed by atoms with Gasteiger partial charge < -0.3 is 15.4 Å². The van der Waals surface area contributed by atoms with Crippen LogP contribution in [0.25, 0.3) is 11.1 Å². The van der Waals surface area contributed by atoms with Crippen LogP contribution in [0.1, 0.15) is 76.1 Å². The molecule has 6 amide bonds. The molecule has 0 spiro atoms. The van der Waals surface area contributed by atoms with Gasteiger partial charge in [0.1, 0.15) is 30.3 Å². The molecule has 14 heteroatoms. The lowest BCUT2D eigenvalue weighted by atomic mass is 9.89. The van der Waals surface area contributed by atoms with Crippen molar-refractivity contribution >= 4 is 41.2 Å². The van der Waals surface area contributed by atoms with Gasteiger partial charge in [-0.05, 0) is 85.7 Å². The number of ether oxygens (including phenoxy) is 1. The van der Waals surface area contributed by atoms with Gasteiger partial charge in [0.15, 0.2) is 0 Å². The van der Waals surface area contributed by atoms with E-state index in [0.717, 1.165) is 58.8 Å². The van der Waals surface area contributed by atoms with Crippen LogP contribution in [0.2, 0.25) is 0 Å². The van der Waals surface area contributed by atoms with E-state index in [1.807, 2.05) is 77.7 Å². The number of aromatic nitrogens is 2. The first-order valence-electron chi connectivity index (χ1n) is 19.5. The van der Waals surface area contributed by atoms with E-state index in [-0.39, 0.29) is 54.4 Å². The van der Waals surface area contributed by atoms with E-state index in [1.54, 1.807) is 30.6 Å². The molecule has 0 bridgehead atoms. The van der Waals surface area contributed by atoms with Crippen molar-refractivity contribution in [1.29, 1.82) is 5.26 Å². The normalized spacial score (nSPS) is 18.7. The maximum Gasteiger partial charge on any atom is 0.322 e. The molecule has 3 aliphatic rings. The van der Waals surface area contributed by atoms with Gasteiger partial charge >= 0.3 is 6.03 Å². The van der Waals surface area contributed by atoms with Gasteiger partial charge in [0.25, 0.3) is 11.8 Å². The van der Waals surface area contributed by atoms with Gasteiger partial charge in [0.2, 0.25) is 11.8 Å². The van der Waals surface area contributed by atoms with Crippen LogP contribution in [0.3, 0.4) is 0 Å². The topological polar surface area (TPSA) is 187 Å². The monoisotopic (exact) mass is 788 g/mol. The largest absolute Gasteiger partial charge is 0.486 e. The highest BCUT2D eigenvalue weighted by Gasteiger charge is 2.46. The lowest BCUT2D eigenvalue weighted by molar-refractivity contribution is -0.136. The molecular formula is C45H40N8O6. The third-order valence-electron chi connectivity index (χ3n) is 10.9. The number of anilines is 2. The fraction of sp³-hybridized carbons (Fsp3) is 0.244. The highest BCUT2D eigenvalue weighted by atomic mass is 16.5. The molecule has 1 unspecified atom stereocenters. The summed E-state index contributed by atoms with van der Waals surface area (Å²) >= 11 is 0. The molecule has 0 radical (unpaired) electrons. The molecule has 59 heavy (non-hydrogen) atoms. The Morgan fingerprint density at radius 1 is 0.831 bits per heavy atom. The number of imide groups is 2. The number of hydrogen-bond donors (Lipinski definition) is 3. The van der Waals surface area contributed by atoms with Gasteiger partial charge in [-0.1, -0.05) is 54.6 Å². The van der Waals surface area contributed by atoms with Gasteiger partial charge in [-0.2, -0.15) is 5.26 Å². The maximum absolute atomic E-state index is 13.9. The van der Waals surface area contributed by atoms with Gasteiger partial charge in [0.05, 0.1) is 22.4 Å². The molecule has 3 N–H and O–H groups in total. The van der Waals surface area contributed by atoms with Gasteiger partial charge in [-0.25, -0.2) is 9.78 Å². The fourth-order valence-electron chi connectivity index (χ4n) is 7.84. The predicted octanol–water partition coefficient (Wildman–Crippen LogP) is 6.13. The standard InChI is InChI=1S/C45H40N8O6/c46-23-29-9-21-39(48-25-29)50-32-14-18-35(19-15-32)52(45(58)49-24-28-5-2-1-3-6-28)34-16-11-30(12-17-34)31-10-13-33(47-26-31)27-59-38-8-4-7-36-41(38)44(57)53(43(36)56)37-20-22-40(54)51-42(37)55/h1-13,16-17,21,25-26,32,35,37H,14-15,18-20,22,24,27H2,(H,48,50)(H,49,58)(H,51,54,55)/t32-,35-,37?. The average Bonchev–Trinajstić information content (AvgIpc) is 3.52. The third-order valence-corrected chi connectivity index (χ3v) is 10.9. The van der Waals surface area contributed by atoms with Crippen molar-refractivity contribution in [3.05, 3.63) is 137 Å². The Morgan fingerprint density at radius 2 is 1.61 bits per heavy atom. The zero-order chi connectivity index (χ0) is 40.9. The molecule has 1 atom stereocenters. The van der Waals surface area contributed by atoms with Crippen molar-refractivity contribution in [2.45, 2.75) is 69.8 Å². The summed E-state index contributed by atoms with van der Waals surface area (Å²) < 4.78 is 6.02. The van der Waals surface area contributed by atoms with Crippen LogP contribution < -0.4 is 25.6 Å². The van der Waals surface area contributed by atoms with E-state index in [4.69, 9.17) is 10.00 Å². The van der Waals surface area contributed by atoms with E-state index >= 15 is 0 Å². The summed E-state index contributed by atoms with van der Waals surface area (Å²) in [5.74, 6) is -1.44. The first kappa shape index (κ1) is 38.5. The van der Waals surface area contributed by atoms with Crippen LogP contribution in [0.4, 0.5) is 16.3 Å². The number of rotatable bonds is 11. The van der Waals surface area contributed by atoms with Crippen LogP contribution in [0.15, 0.2) is 109 Å². The van der Waals surface area contributed by atoms with Crippen molar-refractivity contribution < 1.29 is 28.7 Å². The minimum Gasteiger partial charge on any atom is -0.486 e. The van der Waals surface area contributed by atoms with Gasteiger partial charge in [0, 0.05) is 48.7 Å². The number of piperidine rings is 1. The van der Waals surface area contributed by atoms with Crippen molar-refractivity contribution in [2.75, 3.05) is 10.2 Å². The third kappa shape index (κ3) is 8.36. The van der Waals surface area contributed by atoms with E-state index in [9.17, 15) is 24.0 Å². The van der Waals surface area contributed by atoms with Gasteiger partial charge in [-0.15, -0.1) is 0 Å². The first-order chi connectivity index (χ1) is 28.7. The molecule has 1 saturated heterocycles. The second-order valence-corrected chi connectivity index (χ2v) is 14.7. The van der Waals surface area contributed by atoms with Gasteiger partial charge in [-0.3, -0.25) is 39.3 Å². The zero-order valence-electron chi connectivity index (χ0n) is 32.0. The quantitative estimate of drug-likeness (QED) is 0.131. The molecule has 5 aromatic rings. The lowest BCUT2D eigenvalue weighted by Gasteiger charge is -2.37. The summed E-state index contributed by atoms with van der Waals surface area (Å²) in [4.78, 5) is 76.4. The van der Waals surface area contributed by atoms with Crippen molar-refractivity contribution in [1.82, 2.24) is 25.5 Å². The summed E-state index contributed by atoms with van der Waals surface area (Å²) in [6.45, 7) is 0.420. The minimum absolute atomic E-state index is 0.0182. The van der Waals surface area contributed by atoms with Crippen LogP contribution >= 0.6 is 0 Å². The molecule has 4 heterocycles. The lowest BCUT2D eigenvalue weighted by Crippen LogP contribution is -2.54. The van der Waals surface area contributed by atoms with Crippen molar-refractivity contribution in [2.24, 2.45) is 0 Å². The Morgan fingerprint density at radius 3 is 2.31 bits per heavy atom. The molecule has 2 aromatic heterocycles. The Kier molecular flexibility index (Phi) is 11.1. The molecule has 2 fully saturated rings. The number of fused-ring (bicyclic) bond motifs is 1. The van der Waals surface area contributed by atoms with Crippen LogP contribution in [0, 0.1) is 11.3 Å². The van der Waals surface area contributed by atoms with E-state index in [1.165, 1.54) is 6.07 Å². The number of nitrogens with one attached hydrogen (secondary N) is 3. The number of pyridine rings is 2. The Hall–Kier alpha value is -7.40. The summed E-state index contributed by atoms with van der Waals surface area (Å²) in [5, 5.41) is 17.9. The summed E-state index contributed by atoms with van der Waals surface area (Å²) in [6.07, 6.45) is 6.64. The van der Waals surface area contributed by atoms with Crippen molar-refractivity contribution in [3.8, 4) is 22.9 Å². The summed E-state index contributed by atoms with van der Waals surface area (Å²) in [7, 11) is 0. The molecule has 14 nitrogen and oxygen atoms in total. The fourth-order valence-corrected chi connectivity index (χ4v) is 7.84. The van der Waals surface area contributed by atoms with Crippen LogP contribution in [-0.2, 0) is 22.7 Å². The number of hydrogen-bond acceptors (Lipinski definition) is 10. The smallest absolute Gasteiger partial charge is 0.322 e. The Labute approximate surface area is 340 Å². The number of urea groups is 1. The second kappa shape index (κ2) is 17.0. The van der Waals surface area contributed by atoms with Crippen LogP contribution in [0.5, 0.6) is 5.75 Å². The highest BCUT2D eigenvalue weighted by molar-refractivity contribution is 6.24. The highest BCUT2D eigenvalue weighted by Crippen LogP contribution is 2.35. The molecule has 3 aromatic carbocycles. The van der Waals surface area contributed by atoms with E-state index in [2.05, 4.69) is 32.0 Å². The average molecular weight is 789 g/mol. The number of benzene rings is 3. The molecule has 8 rings (SSSR count). The van der Waals surface area contributed by atoms with E-state index in [0.29, 0.717) is 17.8 Å². The maximum atomic E-state index is 13.9. The van der Waals surface area contributed by atoms with Crippen LogP contribution in [-0.4, -0.2) is 62.7 Å². The molecule has 1 saturated carbocycles. The second-order valence-electron chi connectivity index (χ2n) is 14.7. The number of carbonyl (C=O) groups is 5. The van der Waals surface area contributed by atoms with Crippen molar-refractivity contribution in [3.63, 3.8) is 0 Å². The Balaban J connectivity index is 0.927. The molecular weight excluding hydrogens is 749 g/mol. The van der Waals surface area contributed by atoms with E-state index < -0.39 is 29.7 Å². The minimum atomic E-state index is -1.07. The molecule has 296 valence electrons. The summed E-state index contributed by atoms with van der Waals surface area (Å²) in [6, 6.07) is 30.7. The SMILES string of the molecule is N#Cc1ccc(N[C@H]2CC[C@H](N(C(=O)NCc3ccccc3)c3ccc(-c4ccc(COc5cccc6c5C(=O)N(C5CCC(=O)NC5=O)C6=O)nc4)cc3)CC2)nc1. The number of carbonyl (C=O) groups excluding carboxylic acids is 5. The first-order valence-corrected chi connectivity index (χ1v) is 19.5. The Bertz CT molecular complexity index is 2430. The number of amides is 6. The number of nitriles is 1. The number of nitrogens with zero attached hydrogens (tertiary/aromatic N) is 5.